The molecule has 5 rings (SSSR count). The number of nitrogen functional groups attached to an aromatic ring is 1. The second-order valence-electron chi connectivity index (χ2n) is 6.67. The molecule has 0 fully saturated rings. The molecule has 0 saturated carbocycles. The van der Waals surface area contributed by atoms with Gasteiger partial charge in [0, 0.05) is 10.9 Å². The van der Waals surface area contributed by atoms with E-state index >= 15 is 0 Å². The van der Waals surface area contributed by atoms with Gasteiger partial charge in [0.1, 0.15) is 22.5 Å². The maximum atomic E-state index is 12.5. The SMILES string of the molecule is Nc1nc(-c2cccc(OS(=O)(=O)c3ccc(Cl)s3)c2)nc2c1c(=O)oc1ccccc12. The van der Waals surface area contributed by atoms with Crippen LogP contribution in [-0.4, -0.2) is 18.4 Å². The van der Waals surface area contributed by atoms with Gasteiger partial charge in [-0.2, -0.15) is 8.42 Å². The lowest BCUT2D eigenvalue weighted by molar-refractivity contribution is 0.488. The van der Waals surface area contributed by atoms with Crippen molar-refractivity contribution in [1.29, 1.82) is 0 Å². The third-order valence-corrected chi connectivity index (χ3v) is 7.51. The second-order valence-corrected chi connectivity index (χ2v) is 10.2. The molecule has 0 atom stereocenters. The van der Waals surface area contributed by atoms with Crippen molar-refractivity contribution in [2.24, 2.45) is 0 Å². The standard InChI is InChI=1S/C21H12ClN3O5S2/c22-15-8-9-16(31-15)32(27,28)30-12-5-3-4-11(10-12)20-24-18-13-6-1-2-7-14(13)29-21(26)17(18)19(23)25-20/h1-10H,(H2,23,24,25). The van der Waals surface area contributed by atoms with Crippen LogP contribution in [0.15, 0.2) is 74.1 Å². The number of hydrogen-bond donors (Lipinski definition) is 1. The molecule has 0 amide bonds. The fourth-order valence-corrected chi connectivity index (χ4v) is 5.56. The summed E-state index contributed by atoms with van der Waals surface area (Å²) < 4.78 is 35.9. The minimum Gasteiger partial charge on any atom is -0.422 e. The van der Waals surface area contributed by atoms with Crippen LogP contribution < -0.4 is 15.5 Å². The monoisotopic (exact) mass is 485 g/mol. The number of para-hydroxylation sites is 1. The Morgan fingerprint density at radius 2 is 1.84 bits per heavy atom. The highest BCUT2D eigenvalue weighted by atomic mass is 35.5. The maximum Gasteiger partial charge on any atom is 0.349 e. The van der Waals surface area contributed by atoms with Crippen LogP contribution >= 0.6 is 22.9 Å². The van der Waals surface area contributed by atoms with Crippen molar-refractivity contribution < 1.29 is 17.0 Å². The Morgan fingerprint density at radius 1 is 1.03 bits per heavy atom. The van der Waals surface area contributed by atoms with Gasteiger partial charge < -0.3 is 14.3 Å². The lowest BCUT2D eigenvalue weighted by Gasteiger charge is -2.09. The number of halogens is 1. The second kappa shape index (κ2) is 7.59. The molecule has 5 aromatic rings. The van der Waals surface area contributed by atoms with Crippen LogP contribution in [0.2, 0.25) is 4.34 Å². The fourth-order valence-electron chi connectivity index (χ4n) is 3.19. The largest absolute Gasteiger partial charge is 0.422 e. The number of benzene rings is 2. The van der Waals surface area contributed by atoms with Crippen LogP contribution in [0, 0.1) is 0 Å². The first-order chi connectivity index (χ1) is 15.3. The Bertz CT molecular complexity index is 1680. The van der Waals surface area contributed by atoms with E-state index in [2.05, 4.69) is 9.97 Å². The molecule has 0 aliphatic carbocycles. The minimum absolute atomic E-state index is 0.0164. The quantitative estimate of drug-likeness (QED) is 0.224. The highest BCUT2D eigenvalue weighted by molar-refractivity contribution is 7.89. The number of rotatable bonds is 4. The topological polar surface area (TPSA) is 125 Å². The molecule has 3 aromatic heterocycles. The third-order valence-electron chi connectivity index (χ3n) is 4.58. The van der Waals surface area contributed by atoms with Crippen molar-refractivity contribution in [2.75, 3.05) is 5.73 Å². The molecule has 0 unspecified atom stereocenters. The highest BCUT2D eigenvalue weighted by Gasteiger charge is 2.20. The van der Waals surface area contributed by atoms with E-state index in [0.717, 1.165) is 11.3 Å². The van der Waals surface area contributed by atoms with E-state index in [1.807, 2.05) is 0 Å². The van der Waals surface area contributed by atoms with Gasteiger partial charge in [-0.1, -0.05) is 35.9 Å². The van der Waals surface area contributed by atoms with E-state index in [1.54, 1.807) is 36.4 Å². The number of hydrogen-bond acceptors (Lipinski definition) is 9. The first-order valence-electron chi connectivity index (χ1n) is 9.11. The van der Waals surface area contributed by atoms with Gasteiger partial charge in [-0.25, -0.2) is 14.8 Å². The van der Waals surface area contributed by atoms with E-state index in [-0.39, 0.29) is 27.0 Å². The van der Waals surface area contributed by atoms with Gasteiger partial charge in [0.15, 0.2) is 10.0 Å². The molecule has 8 nitrogen and oxygen atoms in total. The zero-order chi connectivity index (χ0) is 22.5. The summed E-state index contributed by atoms with van der Waals surface area (Å²) >= 11 is 6.72. The molecule has 32 heavy (non-hydrogen) atoms. The highest BCUT2D eigenvalue weighted by Crippen LogP contribution is 2.31. The molecule has 0 bridgehead atoms. The summed E-state index contributed by atoms with van der Waals surface area (Å²) in [7, 11) is -4.05. The Morgan fingerprint density at radius 3 is 2.62 bits per heavy atom. The molecule has 0 aliphatic heterocycles. The van der Waals surface area contributed by atoms with Crippen molar-refractivity contribution in [2.45, 2.75) is 4.21 Å². The number of anilines is 1. The summed E-state index contributed by atoms with van der Waals surface area (Å²) in [6.07, 6.45) is 0. The Kier molecular flexibility index (Phi) is 4.85. The van der Waals surface area contributed by atoms with Crippen molar-refractivity contribution >= 4 is 60.7 Å². The molecule has 160 valence electrons. The predicted octanol–water partition coefficient (Wildman–Crippen LogP) is 4.47. The summed E-state index contributed by atoms with van der Waals surface area (Å²) in [6, 6.07) is 16.0. The third kappa shape index (κ3) is 3.58. The van der Waals surface area contributed by atoms with Crippen molar-refractivity contribution in [3.8, 4) is 17.1 Å². The molecular weight excluding hydrogens is 474 g/mol. The number of aromatic nitrogens is 2. The number of nitrogens with zero attached hydrogens (tertiary/aromatic N) is 2. The fraction of sp³-hybridized carbons (Fsp3) is 0. The van der Waals surface area contributed by atoms with Gasteiger partial charge in [-0.15, -0.1) is 11.3 Å². The van der Waals surface area contributed by atoms with Crippen LogP contribution in [0.3, 0.4) is 0 Å². The van der Waals surface area contributed by atoms with Gasteiger partial charge in [0.25, 0.3) is 0 Å². The van der Waals surface area contributed by atoms with Crippen molar-refractivity contribution in [3.63, 3.8) is 0 Å². The van der Waals surface area contributed by atoms with E-state index in [0.29, 0.717) is 26.4 Å². The summed E-state index contributed by atoms with van der Waals surface area (Å²) in [6.45, 7) is 0. The number of fused-ring (bicyclic) bond motifs is 3. The maximum absolute atomic E-state index is 12.5. The van der Waals surface area contributed by atoms with Gasteiger partial charge in [0.05, 0.1) is 9.85 Å². The molecule has 2 aromatic carbocycles. The van der Waals surface area contributed by atoms with Crippen LogP contribution in [0.1, 0.15) is 0 Å². The van der Waals surface area contributed by atoms with Gasteiger partial charge in [-0.3, -0.25) is 0 Å². The first-order valence-corrected chi connectivity index (χ1v) is 11.7. The van der Waals surface area contributed by atoms with Crippen LogP contribution in [-0.2, 0) is 10.1 Å². The number of nitrogens with two attached hydrogens (primary N) is 1. The molecule has 11 heteroatoms. The summed E-state index contributed by atoms with van der Waals surface area (Å²) in [4.78, 5) is 21.1. The normalized spacial score (nSPS) is 11.8. The van der Waals surface area contributed by atoms with Gasteiger partial charge in [-0.05, 0) is 36.4 Å². The smallest absolute Gasteiger partial charge is 0.349 e. The van der Waals surface area contributed by atoms with Crippen molar-refractivity contribution in [1.82, 2.24) is 9.97 Å². The minimum atomic E-state index is -4.05. The van der Waals surface area contributed by atoms with Gasteiger partial charge in [0.2, 0.25) is 0 Å². The lowest BCUT2D eigenvalue weighted by atomic mass is 10.1. The molecule has 2 N–H and O–H groups in total. The molecule has 3 heterocycles. The molecule has 0 radical (unpaired) electrons. The van der Waals surface area contributed by atoms with E-state index < -0.39 is 15.7 Å². The van der Waals surface area contributed by atoms with Crippen LogP contribution in [0.4, 0.5) is 5.82 Å². The predicted molar refractivity (Wildman–Crippen MR) is 123 cm³/mol. The van der Waals surface area contributed by atoms with Crippen LogP contribution in [0.5, 0.6) is 5.75 Å². The molecule has 0 saturated heterocycles. The molecule has 0 aliphatic rings. The van der Waals surface area contributed by atoms with Crippen LogP contribution in [0.25, 0.3) is 33.3 Å². The Balaban J connectivity index is 1.62. The summed E-state index contributed by atoms with van der Waals surface area (Å²) in [5, 5.41) is 0.680. The Hall–Kier alpha value is -3.47. The average Bonchev–Trinajstić information content (AvgIpc) is 3.21. The molecular formula is C21H12ClN3O5S2. The zero-order valence-electron chi connectivity index (χ0n) is 16.0. The molecule has 0 spiro atoms. The van der Waals surface area contributed by atoms with E-state index in [9.17, 15) is 13.2 Å². The zero-order valence-corrected chi connectivity index (χ0v) is 18.4. The first kappa shape index (κ1) is 20.4. The van der Waals surface area contributed by atoms with E-state index in [4.69, 9.17) is 25.9 Å². The van der Waals surface area contributed by atoms with Crippen molar-refractivity contribution in [3.05, 3.63) is 75.4 Å². The summed E-state index contributed by atoms with van der Waals surface area (Å²) in [5.74, 6) is 0.219. The lowest BCUT2D eigenvalue weighted by Crippen LogP contribution is -2.09. The average molecular weight is 486 g/mol. The summed E-state index contributed by atoms with van der Waals surface area (Å²) in [5.41, 5.74) is 6.58. The van der Waals surface area contributed by atoms with E-state index in [1.165, 1.54) is 24.3 Å². The van der Waals surface area contributed by atoms with Gasteiger partial charge >= 0.3 is 15.7 Å². The Labute approximate surface area is 190 Å². The number of thiophene rings is 1.